The van der Waals surface area contributed by atoms with Gasteiger partial charge in [0.15, 0.2) is 15.5 Å². The van der Waals surface area contributed by atoms with Gasteiger partial charge in [-0.2, -0.15) is 13.2 Å². The molecule has 12 heteroatoms. The number of pyridine rings is 1. The van der Waals surface area contributed by atoms with Crippen molar-refractivity contribution in [3.8, 4) is 17.6 Å². The molecule has 0 atom stereocenters. The number of hydrogen-bond donors (Lipinski definition) is 1. The third kappa shape index (κ3) is 5.26. The van der Waals surface area contributed by atoms with Gasteiger partial charge in [-0.1, -0.05) is 5.92 Å². The number of aromatic nitrogens is 2. The van der Waals surface area contributed by atoms with Crippen LogP contribution >= 0.6 is 27.7 Å². The van der Waals surface area contributed by atoms with Crippen molar-refractivity contribution in [1.82, 2.24) is 9.38 Å². The standard InChI is InChI=1S/C21H17BrF3N3O3S2/c1-31-18-12-14(33(29,30)13-6-7-13)8-9-16(18)26-10-2-5-17-20(32-21(23,24)25)28-11-3-4-15(22)19(28)27-17/h3-4,8-9,11-13,26H,6-7,10H2,1H3. The maximum Gasteiger partial charge on any atom is 0.447 e. The Morgan fingerprint density at radius 3 is 2.76 bits per heavy atom. The monoisotopic (exact) mass is 559 g/mol. The zero-order chi connectivity index (χ0) is 23.8. The Bertz CT molecular complexity index is 1370. The average molecular weight is 560 g/mol. The number of benzene rings is 1. The summed E-state index contributed by atoms with van der Waals surface area (Å²) >= 11 is 3.02. The van der Waals surface area contributed by atoms with Gasteiger partial charge in [0.05, 0.1) is 34.0 Å². The highest BCUT2D eigenvalue weighted by Gasteiger charge is 2.37. The molecule has 3 aromatic rings. The molecule has 1 aliphatic carbocycles. The summed E-state index contributed by atoms with van der Waals surface area (Å²) in [6.07, 6.45) is 2.82. The maximum absolute atomic E-state index is 13.1. The summed E-state index contributed by atoms with van der Waals surface area (Å²) in [5, 5.41) is 2.55. The van der Waals surface area contributed by atoms with E-state index in [0.29, 0.717) is 34.4 Å². The fourth-order valence-electron chi connectivity index (χ4n) is 3.13. The van der Waals surface area contributed by atoms with Crippen LogP contribution in [0.4, 0.5) is 18.9 Å². The van der Waals surface area contributed by atoms with Crippen LogP contribution in [0.15, 0.2) is 50.9 Å². The zero-order valence-corrected chi connectivity index (χ0v) is 20.3. The number of halogens is 4. The smallest absolute Gasteiger partial charge is 0.447 e. The molecule has 1 N–H and O–H groups in total. The average Bonchev–Trinajstić information content (AvgIpc) is 3.56. The first-order valence-electron chi connectivity index (χ1n) is 9.67. The van der Waals surface area contributed by atoms with Gasteiger partial charge in [-0.05, 0) is 59.0 Å². The van der Waals surface area contributed by atoms with Gasteiger partial charge in [0.2, 0.25) is 0 Å². The molecule has 1 aromatic carbocycles. The van der Waals surface area contributed by atoms with Crippen LogP contribution in [0.25, 0.3) is 5.65 Å². The first kappa shape index (κ1) is 23.8. The molecule has 0 radical (unpaired) electrons. The molecule has 0 unspecified atom stereocenters. The molecule has 4 rings (SSSR count). The van der Waals surface area contributed by atoms with Crippen molar-refractivity contribution < 1.29 is 26.3 Å². The maximum atomic E-state index is 13.1. The quantitative estimate of drug-likeness (QED) is 0.334. The van der Waals surface area contributed by atoms with E-state index in [9.17, 15) is 21.6 Å². The van der Waals surface area contributed by atoms with Crippen molar-refractivity contribution in [3.63, 3.8) is 0 Å². The predicted molar refractivity (Wildman–Crippen MR) is 123 cm³/mol. The van der Waals surface area contributed by atoms with E-state index in [4.69, 9.17) is 4.74 Å². The van der Waals surface area contributed by atoms with E-state index in [1.807, 2.05) is 0 Å². The molecule has 174 valence electrons. The molecule has 1 aliphatic rings. The van der Waals surface area contributed by atoms with Gasteiger partial charge in [-0.3, -0.25) is 4.40 Å². The van der Waals surface area contributed by atoms with Crippen LogP contribution in [-0.2, 0) is 9.84 Å². The number of ether oxygens (including phenoxy) is 1. The van der Waals surface area contributed by atoms with Crippen LogP contribution in [0.5, 0.6) is 5.75 Å². The second kappa shape index (κ2) is 9.12. The molecule has 0 bridgehead atoms. The number of anilines is 1. The minimum atomic E-state index is -4.50. The highest BCUT2D eigenvalue weighted by Crippen LogP contribution is 2.39. The molecule has 33 heavy (non-hydrogen) atoms. The minimum absolute atomic E-state index is 0.00358. The second-order valence-electron chi connectivity index (χ2n) is 7.12. The number of fused-ring (bicyclic) bond motifs is 1. The van der Waals surface area contributed by atoms with Gasteiger partial charge in [0, 0.05) is 24.0 Å². The second-order valence-corrected chi connectivity index (χ2v) is 11.3. The molecular formula is C21H17BrF3N3O3S2. The van der Waals surface area contributed by atoms with Gasteiger partial charge in [0.1, 0.15) is 16.5 Å². The number of hydrogen-bond acceptors (Lipinski definition) is 6. The minimum Gasteiger partial charge on any atom is -0.495 e. The number of imidazole rings is 1. The number of thioether (sulfide) groups is 1. The Kier molecular flexibility index (Phi) is 6.57. The summed E-state index contributed by atoms with van der Waals surface area (Å²) in [5.41, 5.74) is -3.65. The fourth-order valence-corrected chi connectivity index (χ4v) is 5.90. The highest BCUT2D eigenvalue weighted by molar-refractivity contribution is 9.10. The molecule has 1 fully saturated rings. The SMILES string of the molecule is COc1cc(S(=O)(=O)C2CC2)ccc1NCC#Cc1nc2c(Br)cccn2c1SC(F)(F)F. The van der Waals surface area contributed by atoms with Gasteiger partial charge >= 0.3 is 5.51 Å². The van der Waals surface area contributed by atoms with Gasteiger partial charge in [-0.15, -0.1) is 0 Å². The Balaban J connectivity index is 1.56. The lowest BCUT2D eigenvalue weighted by molar-refractivity contribution is -0.0329. The largest absolute Gasteiger partial charge is 0.495 e. The van der Waals surface area contributed by atoms with Gasteiger partial charge in [0.25, 0.3) is 0 Å². The summed E-state index contributed by atoms with van der Waals surface area (Å²) < 4.78 is 71.3. The molecule has 0 spiro atoms. The van der Waals surface area contributed by atoms with Gasteiger partial charge < -0.3 is 10.1 Å². The van der Waals surface area contributed by atoms with Crippen LogP contribution in [0.2, 0.25) is 0 Å². The number of nitrogens with one attached hydrogen (secondary N) is 1. The van der Waals surface area contributed by atoms with E-state index in [0.717, 1.165) is 0 Å². The Hall–Kier alpha value is -2.36. The van der Waals surface area contributed by atoms with Crippen LogP contribution in [0.1, 0.15) is 18.5 Å². The fraction of sp³-hybridized carbons (Fsp3) is 0.286. The van der Waals surface area contributed by atoms with E-state index in [1.165, 1.54) is 29.8 Å². The molecule has 0 aliphatic heterocycles. The first-order chi connectivity index (χ1) is 15.6. The normalized spacial score (nSPS) is 14.1. The Morgan fingerprint density at radius 2 is 2.09 bits per heavy atom. The van der Waals surface area contributed by atoms with Crippen LogP contribution < -0.4 is 10.1 Å². The molecule has 2 heterocycles. The zero-order valence-electron chi connectivity index (χ0n) is 17.1. The van der Waals surface area contributed by atoms with Crippen LogP contribution in [-0.4, -0.2) is 42.2 Å². The molecule has 0 amide bonds. The van der Waals surface area contributed by atoms with Crippen molar-refractivity contribution in [2.75, 3.05) is 19.0 Å². The van der Waals surface area contributed by atoms with E-state index in [2.05, 4.69) is 38.1 Å². The summed E-state index contributed by atoms with van der Waals surface area (Å²) in [7, 11) is -1.93. The molecule has 2 aromatic heterocycles. The third-order valence-electron chi connectivity index (χ3n) is 4.81. The molecule has 0 saturated heterocycles. The van der Waals surface area contributed by atoms with Crippen molar-refractivity contribution >= 4 is 48.9 Å². The molecule has 6 nitrogen and oxygen atoms in total. The number of alkyl halides is 3. The van der Waals surface area contributed by atoms with Crippen molar-refractivity contribution in [3.05, 3.63) is 46.7 Å². The van der Waals surface area contributed by atoms with Crippen molar-refractivity contribution in [2.24, 2.45) is 0 Å². The lowest BCUT2D eigenvalue weighted by atomic mass is 10.3. The topological polar surface area (TPSA) is 72.7 Å². The Morgan fingerprint density at radius 1 is 1.33 bits per heavy atom. The third-order valence-corrected chi connectivity index (χ3v) is 8.50. The van der Waals surface area contributed by atoms with E-state index in [1.54, 1.807) is 18.2 Å². The lowest BCUT2D eigenvalue weighted by Gasteiger charge is -2.11. The van der Waals surface area contributed by atoms with Crippen molar-refractivity contribution in [2.45, 2.75) is 33.5 Å². The van der Waals surface area contributed by atoms with Crippen LogP contribution in [0, 0.1) is 11.8 Å². The molecule has 1 saturated carbocycles. The number of sulfone groups is 1. The van der Waals surface area contributed by atoms with Crippen molar-refractivity contribution in [1.29, 1.82) is 0 Å². The lowest BCUT2D eigenvalue weighted by Crippen LogP contribution is -2.08. The summed E-state index contributed by atoms with van der Waals surface area (Å²) in [5.74, 6) is 5.81. The van der Waals surface area contributed by atoms with Crippen LogP contribution in [0.3, 0.4) is 0 Å². The Labute approximate surface area is 201 Å². The van der Waals surface area contributed by atoms with E-state index >= 15 is 0 Å². The number of nitrogens with zero attached hydrogens (tertiary/aromatic N) is 2. The number of methoxy groups -OCH3 is 1. The van der Waals surface area contributed by atoms with E-state index < -0.39 is 15.3 Å². The first-order valence-corrected chi connectivity index (χ1v) is 12.8. The van der Waals surface area contributed by atoms with Gasteiger partial charge in [-0.25, -0.2) is 13.4 Å². The highest BCUT2D eigenvalue weighted by atomic mass is 79.9. The van der Waals surface area contributed by atoms with E-state index in [-0.39, 0.29) is 39.2 Å². The molecular weight excluding hydrogens is 543 g/mol. The summed E-state index contributed by atoms with van der Waals surface area (Å²) in [6.45, 7) is 0.0796. The summed E-state index contributed by atoms with van der Waals surface area (Å²) in [6, 6.07) is 7.84. The number of rotatable bonds is 6. The predicted octanol–water partition coefficient (Wildman–Crippen LogP) is 5.12. The summed E-state index contributed by atoms with van der Waals surface area (Å²) in [4.78, 5) is 4.43.